The topological polar surface area (TPSA) is 21.3 Å². The highest BCUT2D eigenvalue weighted by Gasteiger charge is 2.16. The van der Waals surface area contributed by atoms with Gasteiger partial charge in [0.15, 0.2) is 0 Å². The van der Waals surface area contributed by atoms with Crippen LogP contribution in [-0.4, -0.2) is 24.8 Å². The monoisotopic (exact) mass is 327 g/mol. The Bertz CT molecular complexity index is 373. The van der Waals surface area contributed by atoms with Crippen molar-refractivity contribution < 1.29 is 4.74 Å². The quantitative estimate of drug-likeness (QED) is 0.811. The van der Waals surface area contributed by atoms with Crippen LogP contribution in [-0.2, 0) is 11.2 Å². The van der Waals surface area contributed by atoms with Gasteiger partial charge in [-0.2, -0.15) is 0 Å². The summed E-state index contributed by atoms with van der Waals surface area (Å²) in [6.45, 7) is 10.3. The fourth-order valence-electron chi connectivity index (χ4n) is 1.82. The number of rotatable bonds is 7. The van der Waals surface area contributed by atoms with E-state index in [1.54, 1.807) is 0 Å². The predicted octanol–water partition coefficient (Wildman–Crippen LogP) is 4.17. The van der Waals surface area contributed by atoms with Crippen LogP contribution in [0.25, 0.3) is 0 Å². The molecule has 1 aromatic rings. The molecular formula is C16H26BrNO. The van der Waals surface area contributed by atoms with Crippen LogP contribution in [0.5, 0.6) is 0 Å². The van der Waals surface area contributed by atoms with Gasteiger partial charge in [0.05, 0.1) is 12.2 Å². The van der Waals surface area contributed by atoms with E-state index < -0.39 is 0 Å². The summed E-state index contributed by atoms with van der Waals surface area (Å²) < 4.78 is 7.10. The molecule has 0 saturated heterocycles. The second kappa shape index (κ2) is 8.03. The van der Waals surface area contributed by atoms with Gasteiger partial charge in [-0.25, -0.2) is 0 Å². The van der Waals surface area contributed by atoms with Gasteiger partial charge in [0, 0.05) is 10.5 Å². The van der Waals surface area contributed by atoms with Gasteiger partial charge in [-0.15, -0.1) is 0 Å². The maximum atomic E-state index is 5.92. The van der Waals surface area contributed by atoms with Crippen LogP contribution in [0.1, 0.15) is 39.7 Å². The van der Waals surface area contributed by atoms with Crippen molar-refractivity contribution in [2.45, 2.75) is 52.2 Å². The SMILES string of the molecule is CCCNC(COC(C)(C)C)Cc1ccccc1Br. The number of halogens is 1. The number of hydrogen-bond donors (Lipinski definition) is 1. The minimum atomic E-state index is -0.0833. The Hall–Kier alpha value is -0.380. The summed E-state index contributed by atoms with van der Waals surface area (Å²) >= 11 is 3.61. The molecule has 0 heterocycles. The van der Waals surface area contributed by atoms with Crippen LogP contribution < -0.4 is 5.32 Å². The molecule has 1 atom stereocenters. The molecule has 19 heavy (non-hydrogen) atoms. The maximum Gasteiger partial charge on any atom is 0.0629 e. The van der Waals surface area contributed by atoms with Gasteiger partial charge < -0.3 is 10.1 Å². The molecule has 0 saturated carbocycles. The molecule has 0 spiro atoms. The second-order valence-electron chi connectivity index (χ2n) is 5.87. The lowest BCUT2D eigenvalue weighted by atomic mass is 10.1. The third kappa shape index (κ3) is 7.09. The van der Waals surface area contributed by atoms with E-state index in [0.29, 0.717) is 6.04 Å². The molecule has 1 unspecified atom stereocenters. The Morgan fingerprint density at radius 1 is 1.26 bits per heavy atom. The van der Waals surface area contributed by atoms with Gasteiger partial charge in [0.2, 0.25) is 0 Å². The summed E-state index contributed by atoms with van der Waals surface area (Å²) in [5.41, 5.74) is 1.24. The molecular weight excluding hydrogens is 302 g/mol. The predicted molar refractivity (Wildman–Crippen MR) is 85.6 cm³/mol. The summed E-state index contributed by atoms with van der Waals surface area (Å²) in [5, 5.41) is 3.57. The number of hydrogen-bond acceptors (Lipinski definition) is 2. The van der Waals surface area contributed by atoms with Crippen molar-refractivity contribution >= 4 is 15.9 Å². The van der Waals surface area contributed by atoms with Crippen LogP contribution in [0.2, 0.25) is 0 Å². The third-order valence-electron chi connectivity index (χ3n) is 2.82. The van der Waals surface area contributed by atoms with Crippen LogP contribution in [0.3, 0.4) is 0 Å². The Balaban J connectivity index is 2.61. The van der Waals surface area contributed by atoms with E-state index in [-0.39, 0.29) is 5.60 Å². The lowest BCUT2D eigenvalue weighted by molar-refractivity contribution is -0.0143. The number of ether oxygens (including phenoxy) is 1. The molecule has 108 valence electrons. The van der Waals surface area contributed by atoms with Crippen molar-refractivity contribution in [3.8, 4) is 0 Å². The molecule has 0 radical (unpaired) electrons. The lowest BCUT2D eigenvalue weighted by Crippen LogP contribution is -2.38. The lowest BCUT2D eigenvalue weighted by Gasteiger charge is -2.25. The molecule has 3 heteroatoms. The first kappa shape index (κ1) is 16.7. The Labute approximate surface area is 126 Å². The highest BCUT2D eigenvalue weighted by molar-refractivity contribution is 9.10. The molecule has 0 aromatic heterocycles. The summed E-state index contributed by atoms with van der Waals surface area (Å²) in [4.78, 5) is 0. The average molecular weight is 328 g/mol. The summed E-state index contributed by atoms with van der Waals surface area (Å²) in [6.07, 6.45) is 2.12. The molecule has 0 amide bonds. The van der Waals surface area contributed by atoms with Crippen molar-refractivity contribution in [3.05, 3.63) is 34.3 Å². The van der Waals surface area contributed by atoms with Gasteiger partial charge in [0.1, 0.15) is 0 Å². The normalized spacial score (nSPS) is 13.5. The van der Waals surface area contributed by atoms with E-state index in [1.165, 1.54) is 10.0 Å². The van der Waals surface area contributed by atoms with Crippen molar-refractivity contribution in [1.29, 1.82) is 0 Å². The van der Waals surface area contributed by atoms with Crippen molar-refractivity contribution in [2.75, 3.05) is 13.2 Å². The third-order valence-corrected chi connectivity index (χ3v) is 3.60. The zero-order valence-electron chi connectivity index (χ0n) is 12.5. The largest absolute Gasteiger partial charge is 0.374 e. The van der Waals surface area contributed by atoms with Crippen molar-refractivity contribution in [1.82, 2.24) is 5.32 Å². The zero-order valence-corrected chi connectivity index (χ0v) is 14.1. The molecule has 0 bridgehead atoms. The first-order valence-corrected chi connectivity index (χ1v) is 7.82. The highest BCUT2D eigenvalue weighted by Crippen LogP contribution is 2.18. The minimum Gasteiger partial charge on any atom is -0.374 e. The fourth-order valence-corrected chi connectivity index (χ4v) is 2.27. The van der Waals surface area contributed by atoms with Crippen LogP contribution in [0.15, 0.2) is 28.7 Å². The first-order valence-electron chi connectivity index (χ1n) is 7.03. The van der Waals surface area contributed by atoms with Crippen LogP contribution in [0, 0.1) is 0 Å². The zero-order chi connectivity index (χ0) is 14.3. The second-order valence-corrected chi connectivity index (χ2v) is 6.72. The minimum absolute atomic E-state index is 0.0833. The molecule has 0 aliphatic rings. The molecule has 1 N–H and O–H groups in total. The van der Waals surface area contributed by atoms with Crippen molar-refractivity contribution in [3.63, 3.8) is 0 Å². The summed E-state index contributed by atoms with van der Waals surface area (Å²) in [7, 11) is 0. The van der Waals surface area contributed by atoms with E-state index >= 15 is 0 Å². The van der Waals surface area contributed by atoms with Gasteiger partial charge in [-0.3, -0.25) is 0 Å². The average Bonchev–Trinajstić information content (AvgIpc) is 2.34. The van der Waals surface area contributed by atoms with E-state index in [9.17, 15) is 0 Å². The summed E-state index contributed by atoms with van der Waals surface area (Å²) in [6, 6.07) is 8.76. The van der Waals surface area contributed by atoms with E-state index in [2.05, 4.69) is 67.1 Å². The molecule has 1 rings (SSSR count). The standard InChI is InChI=1S/C16H26BrNO/c1-5-10-18-14(12-19-16(2,3)4)11-13-8-6-7-9-15(13)17/h6-9,14,18H,5,10-12H2,1-4H3. The Morgan fingerprint density at radius 3 is 2.53 bits per heavy atom. The Morgan fingerprint density at radius 2 is 1.95 bits per heavy atom. The van der Waals surface area contributed by atoms with E-state index in [1.807, 2.05) is 6.07 Å². The van der Waals surface area contributed by atoms with Crippen LogP contribution >= 0.6 is 15.9 Å². The maximum absolute atomic E-state index is 5.92. The first-order chi connectivity index (χ1) is 8.92. The summed E-state index contributed by atoms with van der Waals surface area (Å²) in [5.74, 6) is 0. The van der Waals surface area contributed by atoms with Gasteiger partial charge in [-0.05, 0) is 51.8 Å². The Kier molecular flexibility index (Phi) is 7.05. The molecule has 0 aliphatic carbocycles. The fraction of sp³-hybridized carbons (Fsp3) is 0.625. The highest BCUT2D eigenvalue weighted by atomic mass is 79.9. The number of benzene rings is 1. The molecule has 0 aliphatic heterocycles. The van der Waals surface area contributed by atoms with Crippen LogP contribution in [0.4, 0.5) is 0 Å². The molecule has 2 nitrogen and oxygen atoms in total. The van der Waals surface area contributed by atoms with Gasteiger partial charge >= 0.3 is 0 Å². The number of nitrogens with one attached hydrogen (secondary N) is 1. The smallest absolute Gasteiger partial charge is 0.0629 e. The van der Waals surface area contributed by atoms with Gasteiger partial charge in [0.25, 0.3) is 0 Å². The van der Waals surface area contributed by atoms with E-state index in [0.717, 1.165) is 26.0 Å². The van der Waals surface area contributed by atoms with Crippen molar-refractivity contribution in [2.24, 2.45) is 0 Å². The van der Waals surface area contributed by atoms with E-state index in [4.69, 9.17) is 4.74 Å². The molecule has 0 fully saturated rings. The van der Waals surface area contributed by atoms with Gasteiger partial charge in [-0.1, -0.05) is 41.1 Å². The molecule has 1 aromatic carbocycles.